The van der Waals surface area contributed by atoms with Gasteiger partial charge in [-0.25, -0.2) is 13.2 Å². The third-order valence-electron chi connectivity index (χ3n) is 2.74. The second-order valence-corrected chi connectivity index (χ2v) is 6.56. The lowest BCUT2D eigenvalue weighted by Gasteiger charge is -2.10. The summed E-state index contributed by atoms with van der Waals surface area (Å²) >= 11 is 0. The summed E-state index contributed by atoms with van der Waals surface area (Å²) in [6.45, 7) is 0.113. The number of hydrogen-bond donors (Lipinski definition) is 3. The quantitative estimate of drug-likeness (QED) is 0.740. The molecule has 2 rings (SSSR count). The minimum atomic E-state index is -4.53. The fourth-order valence-corrected chi connectivity index (χ4v) is 2.67. The number of carbonyl (C=O) groups is 1. The monoisotopic (exact) mass is 378 g/mol. The molecule has 0 bridgehead atoms. The minimum absolute atomic E-state index is 0.00577. The maximum absolute atomic E-state index is 12.1. The van der Waals surface area contributed by atoms with Crippen LogP contribution in [0.1, 0.15) is 5.76 Å². The Morgan fingerprint density at radius 3 is 2.40 bits per heavy atom. The zero-order valence-electron chi connectivity index (χ0n) is 12.7. The van der Waals surface area contributed by atoms with Crippen LogP contribution in [0.25, 0.3) is 0 Å². The van der Waals surface area contributed by atoms with Crippen LogP contribution in [0, 0.1) is 6.92 Å². The number of hydrogen-bond acceptors (Lipinski definition) is 5. The molecule has 0 atom stereocenters. The Morgan fingerprint density at radius 1 is 1.24 bits per heavy atom. The lowest BCUT2D eigenvalue weighted by Crippen LogP contribution is -2.36. The van der Waals surface area contributed by atoms with Crippen LogP contribution < -0.4 is 15.4 Å². The zero-order chi connectivity index (χ0) is 18.7. The Bertz CT molecular complexity index is 847. The number of aryl methyl sites for hydroxylation is 1. The Balaban J connectivity index is 2.00. The van der Waals surface area contributed by atoms with E-state index in [1.165, 1.54) is 30.3 Å². The van der Waals surface area contributed by atoms with Crippen molar-refractivity contribution < 1.29 is 30.9 Å². The lowest BCUT2D eigenvalue weighted by molar-refractivity contribution is -0.122. The average molecular weight is 378 g/mol. The normalized spacial score (nSPS) is 11.8. The molecule has 1 aromatic heterocycles. The molecule has 0 unspecified atom stereocenters. The maximum Gasteiger partial charge on any atom is 0.405 e. The van der Waals surface area contributed by atoms with Gasteiger partial charge < -0.3 is 15.2 Å². The predicted octanol–water partition coefficient (Wildman–Crippen LogP) is 2.47. The van der Waals surface area contributed by atoms with Crippen LogP contribution in [0.2, 0.25) is 0 Å². The Kier molecular flexibility index (Phi) is 5.21. The van der Waals surface area contributed by atoms with Crippen LogP contribution in [-0.2, 0) is 10.0 Å². The van der Waals surface area contributed by atoms with E-state index in [1.54, 1.807) is 12.2 Å². The number of nitrogens with zero attached hydrogens (tertiary/aromatic N) is 1. The first-order valence-electron chi connectivity index (χ1n) is 6.73. The number of nitrogens with one attached hydrogen (secondary N) is 3. The van der Waals surface area contributed by atoms with Crippen molar-refractivity contribution in [3.63, 3.8) is 0 Å². The van der Waals surface area contributed by atoms with Gasteiger partial charge in [0, 0.05) is 11.8 Å². The molecule has 0 saturated carbocycles. The van der Waals surface area contributed by atoms with E-state index < -0.39 is 28.8 Å². The molecule has 2 amide bonds. The molecule has 1 heterocycles. The number of alkyl halides is 3. The number of amides is 2. The van der Waals surface area contributed by atoms with Gasteiger partial charge in [0.2, 0.25) is 0 Å². The topological polar surface area (TPSA) is 113 Å². The van der Waals surface area contributed by atoms with Crippen molar-refractivity contribution in [3.8, 4) is 0 Å². The fraction of sp³-hybridized carbons (Fsp3) is 0.231. The average Bonchev–Trinajstić information content (AvgIpc) is 2.89. The second-order valence-electron chi connectivity index (χ2n) is 4.88. The predicted molar refractivity (Wildman–Crippen MR) is 81.6 cm³/mol. The smallest absolute Gasteiger partial charge is 0.360 e. The molecule has 0 fully saturated rings. The number of urea groups is 1. The minimum Gasteiger partial charge on any atom is -0.360 e. The molecule has 1 aromatic carbocycles. The van der Waals surface area contributed by atoms with Gasteiger partial charge in [-0.15, -0.1) is 0 Å². The summed E-state index contributed by atoms with van der Waals surface area (Å²) < 4.78 is 67.2. The third kappa shape index (κ3) is 5.67. The summed E-state index contributed by atoms with van der Waals surface area (Å²) in [6.07, 6.45) is -4.53. The van der Waals surface area contributed by atoms with Gasteiger partial charge in [0.05, 0.1) is 4.90 Å². The fourth-order valence-electron chi connectivity index (χ4n) is 1.68. The molecule has 25 heavy (non-hydrogen) atoms. The molecule has 0 aliphatic heterocycles. The van der Waals surface area contributed by atoms with Crippen LogP contribution >= 0.6 is 0 Å². The van der Waals surface area contributed by atoms with Crippen LogP contribution in [0.5, 0.6) is 0 Å². The van der Waals surface area contributed by atoms with Crippen molar-refractivity contribution in [2.24, 2.45) is 0 Å². The third-order valence-corrected chi connectivity index (χ3v) is 4.11. The first-order chi connectivity index (χ1) is 11.5. The van der Waals surface area contributed by atoms with E-state index in [0.717, 1.165) is 0 Å². The van der Waals surface area contributed by atoms with Crippen LogP contribution in [0.15, 0.2) is 39.8 Å². The van der Waals surface area contributed by atoms with E-state index >= 15 is 0 Å². The highest BCUT2D eigenvalue weighted by atomic mass is 32.2. The van der Waals surface area contributed by atoms with Gasteiger partial charge in [0.1, 0.15) is 12.3 Å². The van der Waals surface area contributed by atoms with Crippen molar-refractivity contribution in [1.82, 2.24) is 10.5 Å². The number of halogens is 3. The lowest BCUT2D eigenvalue weighted by atomic mass is 10.3. The van der Waals surface area contributed by atoms with E-state index in [4.69, 9.17) is 4.52 Å². The number of aromatic nitrogens is 1. The highest BCUT2D eigenvalue weighted by Gasteiger charge is 2.27. The SMILES string of the molecule is Cc1cc(NS(=O)(=O)c2ccc(NC(=O)NCC(F)(F)F)cc2)no1. The highest BCUT2D eigenvalue weighted by molar-refractivity contribution is 7.92. The number of rotatable bonds is 5. The Morgan fingerprint density at radius 2 is 1.88 bits per heavy atom. The standard InChI is InChI=1S/C13H13F3N4O4S/c1-8-6-11(19-24-8)20-25(22,23)10-4-2-9(3-5-10)18-12(21)17-7-13(14,15)16/h2-6H,7H2,1H3,(H,19,20)(H2,17,18,21). The largest absolute Gasteiger partial charge is 0.405 e. The summed E-state index contributed by atoms with van der Waals surface area (Å²) in [5.41, 5.74) is 0.121. The van der Waals surface area contributed by atoms with Gasteiger partial charge in [-0.1, -0.05) is 5.16 Å². The summed E-state index contributed by atoms with van der Waals surface area (Å²) in [4.78, 5) is 11.2. The molecule has 136 valence electrons. The van der Waals surface area contributed by atoms with Gasteiger partial charge in [0.15, 0.2) is 5.82 Å². The van der Waals surface area contributed by atoms with Gasteiger partial charge in [0.25, 0.3) is 10.0 Å². The number of sulfonamides is 1. The maximum atomic E-state index is 12.1. The van der Waals surface area contributed by atoms with Crippen molar-refractivity contribution in [2.75, 3.05) is 16.6 Å². The van der Waals surface area contributed by atoms with Gasteiger partial charge in [-0.2, -0.15) is 13.2 Å². The van der Waals surface area contributed by atoms with Crippen LogP contribution in [0.3, 0.4) is 0 Å². The second kappa shape index (κ2) is 7.01. The molecule has 0 spiro atoms. The molecular weight excluding hydrogens is 365 g/mol. The number of benzene rings is 1. The molecule has 0 radical (unpaired) electrons. The highest BCUT2D eigenvalue weighted by Crippen LogP contribution is 2.18. The van der Waals surface area contributed by atoms with E-state index in [0.29, 0.717) is 5.76 Å². The van der Waals surface area contributed by atoms with E-state index in [2.05, 4.69) is 15.2 Å². The molecular formula is C13H13F3N4O4S. The molecule has 2 aromatic rings. The zero-order valence-corrected chi connectivity index (χ0v) is 13.5. The summed E-state index contributed by atoms with van der Waals surface area (Å²) in [6, 6.07) is 5.14. The molecule has 3 N–H and O–H groups in total. The van der Waals surface area contributed by atoms with Gasteiger partial charge in [-0.05, 0) is 31.2 Å². The van der Waals surface area contributed by atoms with Crippen molar-refractivity contribution in [1.29, 1.82) is 0 Å². The first-order valence-corrected chi connectivity index (χ1v) is 8.21. The number of carbonyl (C=O) groups excluding carboxylic acids is 1. The Labute approximate surface area is 140 Å². The summed E-state index contributed by atoms with van der Waals surface area (Å²) in [5, 5.41) is 7.28. The summed E-state index contributed by atoms with van der Waals surface area (Å²) in [7, 11) is -3.92. The first kappa shape index (κ1) is 18.6. The Hall–Kier alpha value is -2.76. The van der Waals surface area contributed by atoms with E-state index in [1.807, 2.05) is 0 Å². The van der Waals surface area contributed by atoms with Crippen molar-refractivity contribution in [2.45, 2.75) is 18.0 Å². The number of anilines is 2. The summed E-state index contributed by atoms with van der Waals surface area (Å²) in [5.74, 6) is 0.424. The molecule has 0 aliphatic rings. The molecule has 8 nitrogen and oxygen atoms in total. The van der Waals surface area contributed by atoms with Gasteiger partial charge >= 0.3 is 12.2 Å². The molecule has 0 aliphatic carbocycles. The van der Waals surface area contributed by atoms with Crippen molar-refractivity contribution >= 4 is 27.6 Å². The molecule has 12 heteroatoms. The van der Waals surface area contributed by atoms with Gasteiger partial charge in [-0.3, -0.25) is 4.72 Å². The van der Waals surface area contributed by atoms with Crippen LogP contribution in [-0.4, -0.2) is 32.3 Å². The van der Waals surface area contributed by atoms with E-state index in [9.17, 15) is 26.4 Å². The molecule has 0 saturated heterocycles. The van der Waals surface area contributed by atoms with Crippen molar-refractivity contribution in [3.05, 3.63) is 36.1 Å². The van der Waals surface area contributed by atoms with E-state index in [-0.39, 0.29) is 16.4 Å². The van der Waals surface area contributed by atoms with Crippen LogP contribution in [0.4, 0.5) is 29.5 Å².